The summed E-state index contributed by atoms with van der Waals surface area (Å²) in [7, 11) is 0. The quantitative estimate of drug-likeness (QED) is 0.897. The van der Waals surface area contributed by atoms with Crippen LogP contribution in [0.25, 0.3) is 0 Å². The van der Waals surface area contributed by atoms with Gasteiger partial charge in [-0.2, -0.15) is 0 Å². The van der Waals surface area contributed by atoms with Crippen molar-refractivity contribution in [3.05, 3.63) is 29.6 Å². The number of hydrogen-bond acceptors (Lipinski definition) is 3. The molecule has 1 aromatic rings. The molecule has 18 heavy (non-hydrogen) atoms. The molecule has 3 nitrogen and oxygen atoms in total. The summed E-state index contributed by atoms with van der Waals surface area (Å²) in [6.07, 6.45) is 3.33. The smallest absolute Gasteiger partial charge is 0.165 e. The Morgan fingerprint density at radius 1 is 1.50 bits per heavy atom. The number of hydrogen-bond donors (Lipinski definition) is 1. The Balaban J connectivity index is 1.92. The van der Waals surface area contributed by atoms with Crippen molar-refractivity contribution in [2.75, 3.05) is 13.2 Å². The van der Waals surface area contributed by atoms with Crippen molar-refractivity contribution in [3.63, 3.8) is 0 Å². The zero-order chi connectivity index (χ0) is 13.0. The molecule has 4 heteroatoms. The van der Waals surface area contributed by atoms with Crippen LogP contribution >= 0.6 is 0 Å². The molecule has 0 bridgehead atoms. The van der Waals surface area contributed by atoms with E-state index in [1.807, 2.05) is 6.92 Å². The maximum absolute atomic E-state index is 13.7. The Morgan fingerprint density at radius 2 is 2.33 bits per heavy atom. The average molecular weight is 253 g/mol. The van der Waals surface area contributed by atoms with Crippen molar-refractivity contribution in [3.8, 4) is 5.75 Å². The molecule has 100 valence electrons. The van der Waals surface area contributed by atoms with Gasteiger partial charge in [0.05, 0.1) is 6.10 Å². The summed E-state index contributed by atoms with van der Waals surface area (Å²) in [5, 5.41) is 0. The van der Waals surface area contributed by atoms with Gasteiger partial charge in [-0.3, -0.25) is 0 Å². The van der Waals surface area contributed by atoms with E-state index in [0.717, 1.165) is 31.4 Å². The molecule has 2 N–H and O–H groups in total. The van der Waals surface area contributed by atoms with Crippen molar-refractivity contribution in [1.82, 2.24) is 0 Å². The maximum Gasteiger partial charge on any atom is 0.165 e. The predicted octanol–water partition coefficient (Wildman–Crippen LogP) is 2.79. The van der Waals surface area contributed by atoms with Crippen LogP contribution in [0.5, 0.6) is 5.75 Å². The number of ether oxygens (including phenoxy) is 2. The Hall–Kier alpha value is -1.13. The number of nitrogens with two attached hydrogens (primary N) is 1. The van der Waals surface area contributed by atoms with Gasteiger partial charge in [0, 0.05) is 12.6 Å². The van der Waals surface area contributed by atoms with Crippen LogP contribution in [-0.4, -0.2) is 19.3 Å². The van der Waals surface area contributed by atoms with Gasteiger partial charge in [-0.1, -0.05) is 6.07 Å². The maximum atomic E-state index is 13.7. The van der Waals surface area contributed by atoms with Gasteiger partial charge >= 0.3 is 0 Å². The summed E-state index contributed by atoms with van der Waals surface area (Å²) in [5.74, 6) is -0.0887. The second-order valence-corrected chi connectivity index (χ2v) is 4.78. The molecule has 1 fully saturated rings. The van der Waals surface area contributed by atoms with Crippen molar-refractivity contribution < 1.29 is 13.9 Å². The van der Waals surface area contributed by atoms with Crippen molar-refractivity contribution >= 4 is 0 Å². The van der Waals surface area contributed by atoms with Crippen LogP contribution < -0.4 is 10.5 Å². The van der Waals surface area contributed by atoms with Gasteiger partial charge in [0.2, 0.25) is 0 Å². The second kappa shape index (κ2) is 6.16. The monoisotopic (exact) mass is 253 g/mol. The first-order valence-corrected chi connectivity index (χ1v) is 6.46. The zero-order valence-electron chi connectivity index (χ0n) is 10.7. The molecule has 0 spiro atoms. The van der Waals surface area contributed by atoms with Crippen LogP contribution in [0.15, 0.2) is 18.2 Å². The lowest BCUT2D eigenvalue weighted by atomic mass is 10.1. The Labute approximate surface area is 107 Å². The standard InChI is InChI=1S/C14H20FNO2/c1-10(16)11-5-6-14(13(15)8-11)18-9-12-4-2-3-7-17-12/h5-6,8,10,12H,2-4,7,9,16H2,1H3/t10-,12+/m1/s1. The lowest BCUT2D eigenvalue weighted by Gasteiger charge is -2.22. The van der Waals surface area contributed by atoms with Crippen molar-refractivity contribution in [2.45, 2.75) is 38.3 Å². The van der Waals surface area contributed by atoms with Crippen molar-refractivity contribution in [1.29, 1.82) is 0 Å². The molecule has 0 unspecified atom stereocenters. The van der Waals surface area contributed by atoms with E-state index in [1.165, 1.54) is 6.07 Å². The molecule has 1 aliphatic heterocycles. The van der Waals surface area contributed by atoms with Gasteiger partial charge in [0.15, 0.2) is 11.6 Å². The third kappa shape index (κ3) is 3.43. The highest BCUT2D eigenvalue weighted by atomic mass is 19.1. The van der Waals surface area contributed by atoms with E-state index < -0.39 is 0 Å². The minimum atomic E-state index is -0.361. The number of rotatable bonds is 4. The third-order valence-corrected chi connectivity index (χ3v) is 3.18. The van der Waals surface area contributed by atoms with Gasteiger partial charge in [0.1, 0.15) is 6.61 Å². The van der Waals surface area contributed by atoms with E-state index >= 15 is 0 Å². The average Bonchev–Trinajstić information content (AvgIpc) is 2.38. The zero-order valence-corrected chi connectivity index (χ0v) is 10.7. The van der Waals surface area contributed by atoms with E-state index in [2.05, 4.69) is 0 Å². The fourth-order valence-corrected chi connectivity index (χ4v) is 2.04. The topological polar surface area (TPSA) is 44.5 Å². The first-order valence-electron chi connectivity index (χ1n) is 6.46. The Bertz CT molecular complexity index is 389. The molecule has 1 aromatic carbocycles. The summed E-state index contributed by atoms with van der Waals surface area (Å²) in [6.45, 7) is 3.01. The lowest BCUT2D eigenvalue weighted by Crippen LogP contribution is -2.26. The summed E-state index contributed by atoms with van der Waals surface area (Å²) < 4.78 is 24.7. The highest BCUT2D eigenvalue weighted by Gasteiger charge is 2.15. The molecule has 1 heterocycles. The Kier molecular flexibility index (Phi) is 4.55. The minimum Gasteiger partial charge on any atom is -0.488 e. The Morgan fingerprint density at radius 3 is 2.94 bits per heavy atom. The van der Waals surface area contributed by atoms with Crippen LogP contribution in [0.1, 0.15) is 37.8 Å². The van der Waals surface area contributed by atoms with E-state index in [0.29, 0.717) is 6.61 Å². The molecular weight excluding hydrogens is 233 g/mol. The van der Waals surface area contributed by atoms with E-state index in [9.17, 15) is 4.39 Å². The third-order valence-electron chi connectivity index (χ3n) is 3.18. The first kappa shape index (κ1) is 13.3. The van der Waals surface area contributed by atoms with Crippen LogP contribution in [0, 0.1) is 5.82 Å². The fraction of sp³-hybridized carbons (Fsp3) is 0.571. The van der Waals surface area contributed by atoms with Gasteiger partial charge in [-0.25, -0.2) is 4.39 Å². The molecule has 2 atom stereocenters. The molecule has 0 aliphatic carbocycles. The first-order chi connectivity index (χ1) is 8.66. The minimum absolute atomic E-state index is 0.0891. The fourth-order valence-electron chi connectivity index (χ4n) is 2.04. The van der Waals surface area contributed by atoms with Crippen LogP contribution in [0.4, 0.5) is 4.39 Å². The summed E-state index contributed by atoms with van der Waals surface area (Å²) in [4.78, 5) is 0. The molecule has 0 amide bonds. The largest absolute Gasteiger partial charge is 0.488 e. The second-order valence-electron chi connectivity index (χ2n) is 4.78. The van der Waals surface area contributed by atoms with Crippen LogP contribution in [0.2, 0.25) is 0 Å². The SMILES string of the molecule is C[C@@H](N)c1ccc(OC[C@@H]2CCCCO2)c(F)c1. The number of halogens is 1. The van der Waals surface area contributed by atoms with Gasteiger partial charge in [-0.15, -0.1) is 0 Å². The predicted molar refractivity (Wildman–Crippen MR) is 68.1 cm³/mol. The summed E-state index contributed by atoms with van der Waals surface area (Å²) in [5.41, 5.74) is 6.47. The van der Waals surface area contributed by atoms with E-state index in [4.69, 9.17) is 15.2 Å². The number of benzene rings is 1. The molecule has 0 aromatic heterocycles. The van der Waals surface area contributed by atoms with Crippen molar-refractivity contribution in [2.24, 2.45) is 5.73 Å². The molecular formula is C14H20FNO2. The normalized spacial score (nSPS) is 21.6. The molecule has 1 aliphatic rings. The van der Waals surface area contributed by atoms with Crippen LogP contribution in [0.3, 0.4) is 0 Å². The van der Waals surface area contributed by atoms with E-state index in [-0.39, 0.29) is 23.7 Å². The molecule has 0 radical (unpaired) electrons. The van der Waals surface area contributed by atoms with Crippen LogP contribution in [-0.2, 0) is 4.74 Å². The van der Waals surface area contributed by atoms with Gasteiger partial charge in [-0.05, 0) is 43.9 Å². The highest BCUT2D eigenvalue weighted by Crippen LogP contribution is 2.22. The van der Waals surface area contributed by atoms with E-state index in [1.54, 1.807) is 12.1 Å². The molecule has 1 saturated heterocycles. The molecule has 0 saturated carbocycles. The summed E-state index contributed by atoms with van der Waals surface area (Å²) >= 11 is 0. The van der Waals surface area contributed by atoms with Gasteiger partial charge < -0.3 is 15.2 Å². The van der Waals surface area contributed by atoms with Gasteiger partial charge in [0.25, 0.3) is 0 Å². The molecule has 2 rings (SSSR count). The summed E-state index contributed by atoms with van der Waals surface area (Å²) in [6, 6.07) is 4.69. The lowest BCUT2D eigenvalue weighted by molar-refractivity contribution is -0.0117. The highest BCUT2D eigenvalue weighted by molar-refractivity contribution is 5.30.